The lowest BCUT2D eigenvalue weighted by atomic mass is 10.1. The number of carbonyl (C=O) groups excluding carboxylic acids is 4. The first kappa shape index (κ1) is 20.3. The lowest BCUT2D eigenvalue weighted by molar-refractivity contribution is -0.135. The number of carbonyl (C=O) groups is 4. The van der Waals surface area contributed by atoms with Crippen molar-refractivity contribution in [3.05, 3.63) is 54.1 Å². The van der Waals surface area contributed by atoms with Crippen LogP contribution >= 0.6 is 23.5 Å². The number of hydrogen-bond donors (Lipinski definition) is 2. The predicted molar refractivity (Wildman–Crippen MR) is 112 cm³/mol. The van der Waals surface area contributed by atoms with Crippen molar-refractivity contribution >= 4 is 52.2 Å². The van der Waals surface area contributed by atoms with E-state index in [0.29, 0.717) is 17.2 Å². The van der Waals surface area contributed by atoms with E-state index in [1.807, 2.05) is 0 Å². The number of nitrogens with zero attached hydrogens (tertiary/aromatic N) is 1. The van der Waals surface area contributed by atoms with Gasteiger partial charge in [0, 0.05) is 5.69 Å². The van der Waals surface area contributed by atoms with Crippen LogP contribution in [0.1, 0.15) is 17.4 Å². The highest BCUT2D eigenvalue weighted by molar-refractivity contribution is 8.15. The van der Waals surface area contributed by atoms with Crippen LogP contribution in [0.2, 0.25) is 0 Å². The third-order valence-corrected chi connectivity index (χ3v) is 6.71. The van der Waals surface area contributed by atoms with Gasteiger partial charge in [-0.05, 0) is 42.0 Å². The summed E-state index contributed by atoms with van der Waals surface area (Å²) in [4.78, 5) is 48.8. The quantitative estimate of drug-likeness (QED) is 0.535. The Hall–Kier alpha value is -2.98. The Balaban J connectivity index is 1.43. The van der Waals surface area contributed by atoms with Crippen LogP contribution in [0.15, 0.2) is 48.5 Å². The Morgan fingerprint density at radius 2 is 1.80 bits per heavy atom. The third-order valence-electron chi connectivity index (χ3n) is 4.51. The molecule has 0 unspecified atom stereocenters. The minimum Gasteiger partial charge on any atom is -0.508 e. The van der Waals surface area contributed by atoms with Gasteiger partial charge < -0.3 is 9.84 Å². The number of rotatable bonds is 5. The molecule has 2 aromatic rings. The lowest BCUT2D eigenvalue weighted by Gasteiger charge is -2.24. The summed E-state index contributed by atoms with van der Waals surface area (Å²) in [7, 11) is 0. The van der Waals surface area contributed by atoms with Crippen LogP contribution in [0.4, 0.5) is 10.5 Å². The Morgan fingerprint density at radius 1 is 1.10 bits per heavy atom. The Labute approximate surface area is 180 Å². The maximum absolute atomic E-state index is 12.4. The van der Waals surface area contributed by atoms with E-state index < -0.39 is 22.4 Å². The van der Waals surface area contributed by atoms with E-state index in [1.54, 1.807) is 41.3 Å². The molecule has 3 amide bonds. The summed E-state index contributed by atoms with van der Waals surface area (Å²) in [5, 5.41) is 10.1. The highest BCUT2D eigenvalue weighted by atomic mass is 32.2. The van der Waals surface area contributed by atoms with Crippen LogP contribution in [-0.4, -0.2) is 39.1 Å². The summed E-state index contributed by atoms with van der Waals surface area (Å²) in [5.74, 6) is -0.367. The van der Waals surface area contributed by atoms with Gasteiger partial charge >= 0.3 is 5.97 Å². The third kappa shape index (κ3) is 4.29. The summed E-state index contributed by atoms with van der Waals surface area (Å²) in [6, 6.07) is 13.2. The standard InChI is InChI=1S/C20H16N2O6S2/c23-13-5-3-12(4-6-13)22-16(24)10-29-19(22)11-1-7-14(8-2-11)28-17(25)9-15-18(26)21-20(27)30-15/h1-8,15,19,23H,9-10H2,(H,21,26,27)/t15-,19-/m0/s1. The summed E-state index contributed by atoms with van der Waals surface area (Å²) >= 11 is 2.25. The average molecular weight is 444 g/mol. The van der Waals surface area contributed by atoms with E-state index in [2.05, 4.69) is 5.32 Å². The van der Waals surface area contributed by atoms with Gasteiger partial charge in [-0.15, -0.1) is 11.8 Å². The predicted octanol–water partition coefficient (Wildman–Crippen LogP) is 2.82. The van der Waals surface area contributed by atoms with Crippen molar-refractivity contribution in [2.45, 2.75) is 17.0 Å². The van der Waals surface area contributed by atoms with E-state index >= 15 is 0 Å². The number of phenols is 1. The molecule has 8 nitrogen and oxygen atoms in total. The molecule has 10 heteroatoms. The van der Waals surface area contributed by atoms with Crippen LogP contribution in [0.3, 0.4) is 0 Å². The average Bonchev–Trinajstić information content (AvgIpc) is 3.24. The molecule has 2 aliphatic rings. The fraction of sp³-hybridized carbons (Fsp3) is 0.200. The van der Waals surface area contributed by atoms with Crippen molar-refractivity contribution in [3.63, 3.8) is 0 Å². The molecule has 0 aromatic heterocycles. The first-order valence-corrected chi connectivity index (χ1v) is 10.9. The molecule has 0 spiro atoms. The number of imide groups is 1. The van der Waals surface area contributed by atoms with Gasteiger partial charge in [0.1, 0.15) is 22.1 Å². The monoisotopic (exact) mass is 444 g/mol. The number of hydrogen-bond acceptors (Lipinski definition) is 8. The lowest BCUT2D eigenvalue weighted by Crippen LogP contribution is -2.27. The first-order valence-electron chi connectivity index (χ1n) is 8.95. The summed E-state index contributed by atoms with van der Waals surface area (Å²) in [5.41, 5.74) is 1.54. The van der Waals surface area contributed by atoms with Gasteiger partial charge in [0.15, 0.2) is 0 Å². The fourth-order valence-electron chi connectivity index (χ4n) is 3.12. The van der Waals surface area contributed by atoms with E-state index in [9.17, 15) is 24.3 Å². The van der Waals surface area contributed by atoms with Crippen molar-refractivity contribution in [3.8, 4) is 11.5 Å². The molecular weight excluding hydrogens is 428 g/mol. The molecule has 2 N–H and O–H groups in total. The van der Waals surface area contributed by atoms with Crippen molar-refractivity contribution in [2.75, 3.05) is 10.7 Å². The molecule has 0 radical (unpaired) electrons. The molecule has 0 bridgehead atoms. The van der Waals surface area contributed by atoms with Gasteiger partial charge in [-0.25, -0.2) is 0 Å². The van der Waals surface area contributed by atoms with Crippen molar-refractivity contribution in [1.29, 1.82) is 0 Å². The van der Waals surface area contributed by atoms with Gasteiger partial charge in [-0.3, -0.25) is 29.4 Å². The van der Waals surface area contributed by atoms with E-state index in [-0.39, 0.29) is 23.5 Å². The van der Waals surface area contributed by atoms with Crippen LogP contribution in [0, 0.1) is 0 Å². The smallest absolute Gasteiger partial charge is 0.312 e. The van der Waals surface area contributed by atoms with Crippen molar-refractivity contribution < 1.29 is 29.0 Å². The van der Waals surface area contributed by atoms with Crippen LogP contribution in [-0.2, 0) is 14.4 Å². The maximum atomic E-state index is 12.4. The Bertz CT molecular complexity index is 1010. The van der Waals surface area contributed by atoms with Gasteiger partial charge in [0.05, 0.1) is 12.2 Å². The number of aromatic hydroxyl groups is 1. The number of amides is 3. The molecule has 2 aromatic carbocycles. The van der Waals surface area contributed by atoms with Gasteiger partial charge in [-0.1, -0.05) is 23.9 Å². The van der Waals surface area contributed by atoms with Crippen molar-refractivity contribution in [2.24, 2.45) is 0 Å². The van der Waals surface area contributed by atoms with Crippen LogP contribution in [0.25, 0.3) is 0 Å². The van der Waals surface area contributed by atoms with Gasteiger partial charge in [-0.2, -0.15) is 0 Å². The molecule has 2 heterocycles. The summed E-state index contributed by atoms with van der Waals surface area (Å²) in [6.07, 6.45) is -0.203. The van der Waals surface area contributed by atoms with E-state index in [0.717, 1.165) is 17.3 Å². The van der Waals surface area contributed by atoms with E-state index in [1.165, 1.54) is 23.9 Å². The number of nitrogens with one attached hydrogen (secondary N) is 1. The zero-order chi connectivity index (χ0) is 21.3. The number of ether oxygens (including phenoxy) is 1. The molecule has 2 fully saturated rings. The topological polar surface area (TPSA) is 113 Å². The highest BCUT2D eigenvalue weighted by Gasteiger charge is 2.35. The Kier molecular flexibility index (Phi) is 5.69. The molecule has 30 heavy (non-hydrogen) atoms. The number of benzene rings is 2. The minimum absolute atomic E-state index is 0.0342. The number of anilines is 1. The molecule has 0 saturated carbocycles. The second-order valence-electron chi connectivity index (χ2n) is 6.57. The molecule has 2 atom stereocenters. The van der Waals surface area contributed by atoms with E-state index in [4.69, 9.17) is 4.74 Å². The second-order valence-corrected chi connectivity index (χ2v) is 8.82. The summed E-state index contributed by atoms with van der Waals surface area (Å²) in [6.45, 7) is 0. The molecule has 154 valence electrons. The molecular formula is C20H16N2O6S2. The van der Waals surface area contributed by atoms with Gasteiger partial charge in [0.25, 0.3) is 5.24 Å². The molecule has 2 aliphatic heterocycles. The minimum atomic E-state index is -0.774. The first-order chi connectivity index (χ1) is 14.4. The fourth-order valence-corrected chi connectivity index (χ4v) is 5.10. The zero-order valence-electron chi connectivity index (χ0n) is 15.4. The van der Waals surface area contributed by atoms with Crippen molar-refractivity contribution in [1.82, 2.24) is 5.32 Å². The summed E-state index contributed by atoms with van der Waals surface area (Å²) < 4.78 is 5.26. The molecule has 0 aliphatic carbocycles. The number of esters is 1. The molecule has 2 saturated heterocycles. The van der Waals surface area contributed by atoms with Crippen LogP contribution < -0.4 is 15.0 Å². The Morgan fingerprint density at radius 3 is 2.43 bits per heavy atom. The SMILES string of the molecule is O=C(C[C@@H]1SC(=O)NC1=O)Oc1ccc([C@@H]2SCC(=O)N2c2ccc(O)cc2)cc1. The molecule has 4 rings (SSSR count). The zero-order valence-corrected chi connectivity index (χ0v) is 17.1. The van der Waals surface area contributed by atoms with Gasteiger partial charge in [0.2, 0.25) is 11.8 Å². The maximum Gasteiger partial charge on any atom is 0.312 e. The highest BCUT2D eigenvalue weighted by Crippen LogP contribution is 2.42. The normalized spacial score (nSPS) is 21.1. The number of phenolic OH excluding ortho intramolecular Hbond substituents is 1. The number of thioether (sulfide) groups is 2. The van der Waals surface area contributed by atoms with Crippen LogP contribution in [0.5, 0.6) is 11.5 Å². The largest absolute Gasteiger partial charge is 0.508 e. The second kappa shape index (κ2) is 8.41.